The van der Waals surface area contributed by atoms with Crippen molar-refractivity contribution in [3.63, 3.8) is 0 Å². The molecule has 0 atom stereocenters. The second-order valence-electron chi connectivity index (χ2n) is 6.58. The number of halogens is 1. The second-order valence-corrected chi connectivity index (χ2v) is 7.43. The van der Waals surface area contributed by atoms with E-state index >= 15 is 0 Å². The van der Waals surface area contributed by atoms with Crippen molar-refractivity contribution in [1.29, 1.82) is 0 Å². The van der Waals surface area contributed by atoms with Gasteiger partial charge in [-0.05, 0) is 42.7 Å². The van der Waals surface area contributed by atoms with Crippen LogP contribution in [0, 0.1) is 0 Å². The largest absolute Gasteiger partial charge is 0.449 e. The molecule has 0 aromatic heterocycles. The molecule has 2 heterocycles. The molecular weight excluding hydrogens is 408 g/mol. The molecule has 0 bridgehead atoms. The topological polar surface area (TPSA) is 49.9 Å². The van der Waals surface area contributed by atoms with Crippen LogP contribution in [0.4, 0.5) is 5.69 Å². The predicted molar refractivity (Wildman–Crippen MR) is 107 cm³/mol. The Morgan fingerprint density at radius 3 is 2.56 bits per heavy atom. The van der Waals surface area contributed by atoms with E-state index in [1.807, 2.05) is 47.4 Å². The summed E-state index contributed by atoms with van der Waals surface area (Å²) in [7, 11) is 0. The van der Waals surface area contributed by atoms with Crippen molar-refractivity contribution in [3.05, 3.63) is 64.3 Å². The first kappa shape index (κ1) is 17.8. The lowest BCUT2D eigenvalue weighted by Crippen LogP contribution is -2.45. The van der Waals surface area contributed by atoms with Crippen LogP contribution in [-0.2, 0) is 9.59 Å². The van der Waals surface area contributed by atoms with Crippen LogP contribution in [0.2, 0.25) is 0 Å². The molecule has 27 heavy (non-hydrogen) atoms. The molecule has 2 amide bonds. The molecule has 2 aromatic carbocycles. The number of carbonyl (C=O) groups is 2. The third-order valence-electron chi connectivity index (χ3n) is 4.78. The van der Waals surface area contributed by atoms with Crippen LogP contribution in [0.25, 0.3) is 6.08 Å². The number of rotatable bonds is 3. The Kier molecular flexibility index (Phi) is 4.99. The number of para-hydroxylation sites is 2. The highest BCUT2D eigenvalue weighted by Crippen LogP contribution is 2.36. The molecule has 1 fully saturated rings. The summed E-state index contributed by atoms with van der Waals surface area (Å²) < 4.78 is 6.73. The van der Waals surface area contributed by atoms with Crippen molar-refractivity contribution in [2.24, 2.45) is 0 Å². The predicted octanol–water partition coefficient (Wildman–Crippen LogP) is 3.84. The van der Waals surface area contributed by atoms with E-state index in [2.05, 4.69) is 15.9 Å². The van der Waals surface area contributed by atoms with E-state index in [4.69, 9.17) is 4.74 Å². The third kappa shape index (κ3) is 3.62. The molecule has 0 spiro atoms. The average molecular weight is 427 g/mol. The van der Waals surface area contributed by atoms with Gasteiger partial charge in [0.05, 0.1) is 5.69 Å². The number of fused-ring (bicyclic) bond motifs is 1. The van der Waals surface area contributed by atoms with Crippen molar-refractivity contribution >= 4 is 39.5 Å². The Morgan fingerprint density at radius 2 is 1.78 bits per heavy atom. The highest BCUT2D eigenvalue weighted by Gasteiger charge is 2.33. The minimum absolute atomic E-state index is 0.0203. The molecule has 138 valence electrons. The van der Waals surface area contributed by atoms with Crippen LogP contribution in [0.5, 0.6) is 5.75 Å². The maximum absolute atomic E-state index is 13.1. The number of hydrogen-bond acceptors (Lipinski definition) is 3. The molecule has 2 aliphatic rings. The Hall–Kier alpha value is -2.60. The van der Waals surface area contributed by atoms with Crippen LogP contribution < -0.4 is 9.64 Å². The van der Waals surface area contributed by atoms with Crippen LogP contribution >= 0.6 is 15.9 Å². The summed E-state index contributed by atoms with van der Waals surface area (Å²) in [5.74, 6) is 0.439. The second kappa shape index (κ2) is 7.56. The summed E-state index contributed by atoms with van der Waals surface area (Å²) >= 11 is 3.49. The first-order valence-corrected chi connectivity index (χ1v) is 9.75. The van der Waals surface area contributed by atoms with Gasteiger partial charge in [-0.2, -0.15) is 0 Å². The Morgan fingerprint density at radius 1 is 1.07 bits per heavy atom. The summed E-state index contributed by atoms with van der Waals surface area (Å²) in [6.45, 7) is 1.55. The summed E-state index contributed by atoms with van der Waals surface area (Å²) in [5.41, 5.74) is 1.46. The zero-order valence-electron chi connectivity index (χ0n) is 14.7. The minimum atomic E-state index is -0.308. The van der Waals surface area contributed by atoms with Crippen LogP contribution in [0.3, 0.4) is 0 Å². The van der Waals surface area contributed by atoms with E-state index < -0.39 is 0 Å². The maximum Gasteiger partial charge on any atom is 0.294 e. The van der Waals surface area contributed by atoms with Gasteiger partial charge < -0.3 is 9.64 Å². The van der Waals surface area contributed by atoms with Gasteiger partial charge in [-0.25, -0.2) is 0 Å². The SMILES string of the molecule is O=C(CN1C(=O)C(=Cc2ccccc2Br)Oc2ccccc21)N1CCCC1. The summed E-state index contributed by atoms with van der Waals surface area (Å²) in [4.78, 5) is 29.1. The first-order valence-electron chi connectivity index (χ1n) is 8.96. The van der Waals surface area contributed by atoms with Gasteiger partial charge in [0.1, 0.15) is 6.54 Å². The van der Waals surface area contributed by atoms with Crippen molar-refractivity contribution in [2.75, 3.05) is 24.5 Å². The number of carbonyl (C=O) groups excluding carboxylic acids is 2. The molecule has 4 rings (SSSR count). The normalized spacial score (nSPS) is 17.8. The molecule has 2 aliphatic heterocycles. The van der Waals surface area contributed by atoms with Crippen molar-refractivity contribution in [2.45, 2.75) is 12.8 Å². The van der Waals surface area contributed by atoms with Gasteiger partial charge in [-0.3, -0.25) is 14.5 Å². The summed E-state index contributed by atoms with van der Waals surface area (Å²) in [5, 5.41) is 0. The monoisotopic (exact) mass is 426 g/mol. The molecular formula is C21H19BrN2O3. The average Bonchev–Trinajstić information content (AvgIpc) is 3.21. The number of ether oxygens (including phenoxy) is 1. The zero-order valence-corrected chi connectivity index (χ0v) is 16.3. The van der Waals surface area contributed by atoms with Gasteiger partial charge in [-0.15, -0.1) is 0 Å². The fourth-order valence-electron chi connectivity index (χ4n) is 3.35. The third-order valence-corrected chi connectivity index (χ3v) is 5.50. The van der Waals surface area contributed by atoms with Gasteiger partial charge in [0.15, 0.2) is 11.5 Å². The molecule has 5 nitrogen and oxygen atoms in total. The Bertz CT molecular complexity index is 919. The molecule has 2 aromatic rings. The fraction of sp³-hybridized carbons (Fsp3) is 0.238. The maximum atomic E-state index is 13.1. The number of anilines is 1. The quantitative estimate of drug-likeness (QED) is 0.700. The standard InChI is InChI=1S/C21H19BrN2O3/c22-16-8-2-1-7-15(16)13-19-21(26)24(14-20(25)23-11-5-6-12-23)17-9-3-4-10-18(17)27-19/h1-4,7-10,13H,5-6,11-12,14H2. The molecule has 0 unspecified atom stereocenters. The van der Waals surface area contributed by atoms with Crippen molar-refractivity contribution in [3.8, 4) is 5.75 Å². The van der Waals surface area contributed by atoms with Crippen LogP contribution in [0.1, 0.15) is 18.4 Å². The molecule has 0 radical (unpaired) electrons. The molecule has 0 N–H and O–H groups in total. The summed E-state index contributed by atoms with van der Waals surface area (Å²) in [6, 6.07) is 14.9. The number of hydrogen-bond donors (Lipinski definition) is 0. The molecule has 0 aliphatic carbocycles. The lowest BCUT2D eigenvalue weighted by Gasteiger charge is -2.31. The fourth-order valence-corrected chi connectivity index (χ4v) is 3.75. The van der Waals surface area contributed by atoms with Crippen LogP contribution in [0.15, 0.2) is 58.8 Å². The van der Waals surface area contributed by atoms with E-state index in [9.17, 15) is 9.59 Å². The number of likely N-dealkylation sites (tertiary alicyclic amines) is 1. The molecule has 0 saturated carbocycles. The van der Waals surface area contributed by atoms with E-state index in [-0.39, 0.29) is 24.1 Å². The lowest BCUT2D eigenvalue weighted by atomic mass is 10.1. The van der Waals surface area contributed by atoms with E-state index in [1.54, 1.807) is 12.1 Å². The number of nitrogens with zero attached hydrogens (tertiary/aromatic N) is 2. The molecule has 6 heteroatoms. The van der Waals surface area contributed by atoms with E-state index in [0.29, 0.717) is 11.4 Å². The highest BCUT2D eigenvalue weighted by molar-refractivity contribution is 9.10. The van der Waals surface area contributed by atoms with Crippen LogP contribution in [-0.4, -0.2) is 36.3 Å². The van der Waals surface area contributed by atoms with Gasteiger partial charge in [-0.1, -0.05) is 46.3 Å². The van der Waals surface area contributed by atoms with Crippen molar-refractivity contribution in [1.82, 2.24) is 4.90 Å². The first-order chi connectivity index (χ1) is 13.1. The van der Waals surface area contributed by atoms with Gasteiger partial charge in [0.25, 0.3) is 5.91 Å². The van der Waals surface area contributed by atoms with Crippen molar-refractivity contribution < 1.29 is 14.3 Å². The van der Waals surface area contributed by atoms with E-state index in [0.717, 1.165) is 36.0 Å². The van der Waals surface area contributed by atoms with E-state index in [1.165, 1.54) is 4.90 Å². The van der Waals surface area contributed by atoms with Gasteiger partial charge in [0, 0.05) is 17.6 Å². The highest BCUT2D eigenvalue weighted by atomic mass is 79.9. The summed E-state index contributed by atoms with van der Waals surface area (Å²) in [6.07, 6.45) is 3.74. The van der Waals surface area contributed by atoms with Gasteiger partial charge >= 0.3 is 0 Å². The zero-order chi connectivity index (χ0) is 18.8. The smallest absolute Gasteiger partial charge is 0.294 e. The van der Waals surface area contributed by atoms with Gasteiger partial charge in [0.2, 0.25) is 5.91 Å². The number of amides is 2. The number of benzene rings is 2. The Balaban J connectivity index is 1.68. The Labute approximate surface area is 166 Å². The molecule has 1 saturated heterocycles. The lowest BCUT2D eigenvalue weighted by molar-refractivity contribution is -0.130. The minimum Gasteiger partial charge on any atom is -0.449 e.